The number of nitrogens with one attached hydrogen (secondary N) is 1. The van der Waals surface area contributed by atoms with E-state index in [4.69, 9.17) is 5.11 Å². The summed E-state index contributed by atoms with van der Waals surface area (Å²) in [6.45, 7) is 6.88. The zero-order valence-corrected chi connectivity index (χ0v) is 11.6. The standard InChI is InChI=1S/C14H24N2O3/c1-3-8-16(9-4-2)14(19)15-12-7-5-6-11(10-12)13(17)18/h3,11-12H,1,4-10H2,2H3,(H,15,19)(H,17,18). The molecule has 1 rings (SSSR count). The van der Waals surface area contributed by atoms with Gasteiger partial charge in [-0.2, -0.15) is 0 Å². The number of nitrogens with zero attached hydrogens (tertiary/aromatic N) is 1. The van der Waals surface area contributed by atoms with Gasteiger partial charge in [0.1, 0.15) is 0 Å². The van der Waals surface area contributed by atoms with Crippen LogP contribution >= 0.6 is 0 Å². The van der Waals surface area contributed by atoms with Gasteiger partial charge in [-0.1, -0.05) is 19.4 Å². The highest BCUT2D eigenvalue weighted by Crippen LogP contribution is 2.24. The number of aliphatic carboxylic acids is 1. The number of hydrogen-bond donors (Lipinski definition) is 2. The second-order valence-corrected chi connectivity index (χ2v) is 5.08. The van der Waals surface area contributed by atoms with E-state index in [1.54, 1.807) is 11.0 Å². The number of rotatable bonds is 6. The van der Waals surface area contributed by atoms with E-state index in [1.165, 1.54) is 0 Å². The second-order valence-electron chi connectivity index (χ2n) is 5.08. The quantitative estimate of drug-likeness (QED) is 0.726. The van der Waals surface area contributed by atoms with Gasteiger partial charge in [0.2, 0.25) is 0 Å². The van der Waals surface area contributed by atoms with Crippen LogP contribution in [0.15, 0.2) is 12.7 Å². The normalized spacial score (nSPS) is 22.6. The largest absolute Gasteiger partial charge is 0.481 e. The van der Waals surface area contributed by atoms with Crippen molar-refractivity contribution >= 4 is 12.0 Å². The molecule has 19 heavy (non-hydrogen) atoms. The van der Waals surface area contributed by atoms with E-state index in [9.17, 15) is 9.59 Å². The molecular weight excluding hydrogens is 244 g/mol. The zero-order valence-electron chi connectivity index (χ0n) is 11.6. The minimum absolute atomic E-state index is 0.0217. The van der Waals surface area contributed by atoms with Gasteiger partial charge in [-0.3, -0.25) is 4.79 Å². The molecule has 2 N–H and O–H groups in total. The van der Waals surface area contributed by atoms with Crippen molar-refractivity contribution in [2.24, 2.45) is 5.92 Å². The smallest absolute Gasteiger partial charge is 0.317 e. The molecule has 0 radical (unpaired) electrons. The van der Waals surface area contributed by atoms with Crippen LogP contribution in [-0.4, -0.2) is 41.1 Å². The average molecular weight is 268 g/mol. The third kappa shape index (κ3) is 4.93. The summed E-state index contributed by atoms with van der Waals surface area (Å²) in [5.41, 5.74) is 0. The number of hydrogen-bond acceptors (Lipinski definition) is 2. The molecule has 1 aliphatic rings. The molecule has 0 bridgehead atoms. The summed E-state index contributed by atoms with van der Waals surface area (Å²) < 4.78 is 0. The zero-order chi connectivity index (χ0) is 14.3. The van der Waals surface area contributed by atoms with Crippen molar-refractivity contribution in [3.05, 3.63) is 12.7 Å². The number of urea groups is 1. The first kappa shape index (κ1) is 15.5. The molecule has 0 spiro atoms. The lowest BCUT2D eigenvalue weighted by Gasteiger charge is -2.30. The van der Waals surface area contributed by atoms with Gasteiger partial charge < -0.3 is 15.3 Å². The Hall–Kier alpha value is -1.52. The lowest BCUT2D eigenvalue weighted by Crippen LogP contribution is -2.47. The predicted molar refractivity (Wildman–Crippen MR) is 74.0 cm³/mol. The third-order valence-corrected chi connectivity index (χ3v) is 3.48. The van der Waals surface area contributed by atoms with Crippen LogP contribution in [-0.2, 0) is 4.79 Å². The summed E-state index contributed by atoms with van der Waals surface area (Å²) in [6, 6.07) is -0.135. The number of carboxylic acids is 1. The summed E-state index contributed by atoms with van der Waals surface area (Å²) in [6.07, 6.45) is 5.57. The number of amides is 2. The van der Waals surface area contributed by atoms with Crippen molar-refractivity contribution in [3.63, 3.8) is 0 Å². The maximum atomic E-state index is 12.1. The van der Waals surface area contributed by atoms with Crippen LogP contribution in [0.5, 0.6) is 0 Å². The van der Waals surface area contributed by atoms with E-state index in [2.05, 4.69) is 11.9 Å². The van der Waals surface area contributed by atoms with Crippen LogP contribution in [0.25, 0.3) is 0 Å². The first-order valence-electron chi connectivity index (χ1n) is 6.97. The Morgan fingerprint density at radius 2 is 2.21 bits per heavy atom. The Morgan fingerprint density at radius 1 is 1.47 bits per heavy atom. The molecule has 0 aromatic rings. The Balaban J connectivity index is 2.49. The summed E-state index contributed by atoms with van der Waals surface area (Å²) >= 11 is 0. The molecule has 5 nitrogen and oxygen atoms in total. The monoisotopic (exact) mass is 268 g/mol. The maximum absolute atomic E-state index is 12.1. The molecule has 1 saturated carbocycles. The highest BCUT2D eigenvalue weighted by Gasteiger charge is 2.28. The lowest BCUT2D eigenvalue weighted by molar-refractivity contribution is -0.143. The minimum Gasteiger partial charge on any atom is -0.481 e. The first-order valence-corrected chi connectivity index (χ1v) is 6.97. The van der Waals surface area contributed by atoms with Crippen LogP contribution < -0.4 is 5.32 Å². The second kappa shape index (κ2) is 7.81. The molecule has 5 heteroatoms. The summed E-state index contributed by atoms with van der Waals surface area (Å²) in [5.74, 6) is -1.08. The molecule has 108 valence electrons. The van der Waals surface area contributed by atoms with Crippen molar-refractivity contribution in [1.29, 1.82) is 0 Å². The Morgan fingerprint density at radius 3 is 2.79 bits per heavy atom. The third-order valence-electron chi connectivity index (χ3n) is 3.48. The summed E-state index contributed by atoms with van der Waals surface area (Å²) in [5, 5.41) is 12.0. The summed E-state index contributed by atoms with van der Waals surface area (Å²) in [7, 11) is 0. The van der Waals surface area contributed by atoms with E-state index >= 15 is 0 Å². The van der Waals surface area contributed by atoms with Gasteiger partial charge in [-0.15, -0.1) is 6.58 Å². The fraction of sp³-hybridized carbons (Fsp3) is 0.714. The number of carbonyl (C=O) groups excluding carboxylic acids is 1. The van der Waals surface area contributed by atoms with Gasteiger partial charge >= 0.3 is 12.0 Å². The molecule has 0 heterocycles. The maximum Gasteiger partial charge on any atom is 0.317 e. The Kier molecular flexibility index (Phi) is 6.39. The van der Waals surface area contributed by atoms with Crippen molar-refractivity contribution < 1.29 is 14.7 Å². The number of carbonyl (C=O) groups is 2. The van der Waals surface area contributed by atoms with Crippen molar-refractivity contribution in [1.82, 2.24) is 10.2 Å². The molecule has 2 unspecified atom stereocenters. The van der Waals surface area contributed by atoms with Gasteiger partial charge in [0.05, 0.1) is 5.92 Å². The van der Waals surface area contributed by atoms with Crippen LogP contribution in [0.3, 0.4) is 0 Å². The molecule has 0 saturated heterocycles. The molecule has 2 amide bonds. The minimum atomic E-state index is -0.754. The molecule has 1 aliphatic carbocycles. The molecule has 0 aliphatic heterocycles. The van der Waals surface area contributed by atoms with Gasteiger partial charge in [-0.05, 0) is 25.7 Å². The van der Waals surface area contributed by atoms with E-state index in [0.717, 1.165) is 19.3 Å². The molecular formula is C14H24N2O3. The molecule has 0 aromatic carbocycles. The Bertz CT molecular complexity index is 331. The highest BCUT2D eigenvalue weighted by molar-refractivity contribution is 5.75. The van der Waals surface area contributed by atoms with Gasteiger partial charge in [0, 0.05) is 19.1 Å². The fourth-order valence-electron chi connectivity index (χ4n) is 2.51. The van der Waals surface area contributed by atoms with Crippen LogP contribution in [0.4, 0.5) is 4.79 Å². The van der Waals surface area contributed by atoms with Gasteiger partial charge in [-0.25, -0.2) is 4.79 Å². The van der Waals surface area contributed by atoms with E-state index in [1.807, 2.05) is 6.92 Å². The molecule has 0 aromatic heterocycles. The first-order chi connectivity index (χ1) is 9.08. The number of carboxylic acid groups (broad SMARTS) is 1. The van der Waals surface area contributed by atoms with Gasteiger partial charge in [0.25, 0.3) is 0 Å². The van der Waals surface area contributed by atoms with Crippen molar-refractivity contribution in [2.45, 2.75) is 45.1 Å². The van der Waals surface area contributed by atoms with Crippen LogP contribution in [0, 0.1) is 5.92 Å². The molecule has 1 fully saturated rings. The van der Waals surface area contributed by atoms with Crippen molar-refractivity contribution in [2.75, 3.05) is 13.1 Å². The lowest BCUT2D eigenvalue weighted by atomic mass is 9.86. The highest BCUT2D eigenvalue weighted by atomic mass is 16.4. The van der Waals surface area contributed by atoms with E-state index < -0.39 is 5.97 Å². The predicted octanol–water partition coefficient (Wildman–Crippen LogP) is 2.24. The fourth-order valence-corrected chi connectivity index (χ4v) is 2.51. The Labute approximate surface area is 114 Å². The molecule has 2 atom stereocenters. The SMILES string of the molecule is C=CCN(CCC)C(=O)NC1CCCC(C(=O)O)C1. The topological polar surface area (TPSA) is 69.6 Å². The average Bonchev–Trinajstić information content (AvgIpc) is 2.38. The van der Waals surface area contributed by atoms with Crippen molar-refractivity contribution in [3.8, 4) is 0 Å². The van der Waals surface area contributed by atoms with E-state index in [-0.39, 0.29) is 18.0 Å². The van der Waals surface area contributed by atoms with Crippen LogP contribution in [0.1, 0.15) is 39.0 Å². The van der Waals surface area contributed by atoms with Crippen LogP contribution in [0.2, 0.25) is 0 Å². The summed E-state index contributed by atoms with van der Waals surface area (Å²) in [4.78, 5) is 24.8. The van der Waals surface area contributed by atoms with Gasteiger partial charge in [0.15, 0.2) is 0 Å². The van der Waals surface area contributed by atoms with E-state index in [0.29, 0.717) is 25.9 Å².